The van der Waals surface area contributed by atoms with Gasteiger partial charge in [0.05, 0.1) is 24.0 Å². The third-order valence-electron chi connectivity index (χ3n) is 6.51. The van der Waals surface area contributed by atoms with Crippen molar-refractivity contribution < 1.29 is 9.90 Å². The molecule has 0 aliphatic heterocycles. The minimum absolute atomic E-state index is 0.154. The number of nitrogens with one attached hydrogen (secondary N) is 1. The minimum atomic E-state index is -1.04. The number of aromatic nitrogens is 4. The molecule has 3 aromatic heterocycles. The summed E-state index contributed by atoms with van der Waals surface area (Å²) in [5.74, 6) is -1.04. The maximum Gasteiger partial charge on any atom is 0.331 e. The number of nitrogens with zero attached hydrogens (tertiary/aromatic N) is 4. The van der Waals surface area contributed by atoms with Crippen LogP contribution in [0.2, 0.25) is 0 Å². The molecule has 2 aromatic carbocycles. The third kappa shape index (κ3) is 3.67. The molecular weight excluding hydrogens is 442 g/mol. The Labute approximate surface area is 200 Å². The molecule has 2 N–H and O–H groups in total. The summed E-state index contributed by atoms with van der Waals surface area (Å²) < 4.78 is 3.05. The molecule has 5 rings (SSSR count). The van der Waals surface area contributed by atoms with Gasteiger partial charge in [0.15, 0.2) is 5.65 Å². The van der Waals surface area contributed by atoms with Crippen LogP contribution in [-0.2, 0) is 4.79 Å². The average molecular weight is 466 g/mol. The molecule has 2 atom stereocenters. The number of nitriles is 1. The lowest BCUT2D eigenvalue weighted by atomic mass is 10.0. The number of carboxylic acids is 1. The molecule has 8 heteroatoms. The molecule has 0 bridgehead atoms. The number of benzene rings is 2. The Hall–Kier alpha value is -4.64. The number of imidazole rings is 1. The highest BCUT2D eigenvalue weighted by atomic mass is 16.4. The van der Waals surface area contributed by atoms with E-state index in [0.717, 1.165) is 22.0 Å². The summed E-state index contributed by atoms with van der Waals surface area (Å²) in [6, 6.07) is 19.2. The lowest BCUT2D eigenvalue weighted by Gasteiger charge is -2.17. The Kier molecular flexibility index (Phi) is 5.46. The van der Waals surface area contributed by atoms with E-state index in [1.165, 1.54) is 4.57 Å². The van der Waals surface area contributed by atoms with Crippen molar-refractivity contribution in [1.82, 2.24) is 19.1 Å². The highest BCUT2D eigenvalue weighted by Gasteiger charge is 2.28. The Morgan fingerprint density at radius 3 is 2.60 bits per heavy atom. The number of rotatable bonds is 6. The molecule has 0 saturated carbocycles. The van der Waals surface area contributed by atoms with Crippen LogP contribution in [0.15, 0.2) is 71.7 Å². The molecule has 0 saturated heterocycles. The van der Waals surface area contributed by atoms with Crippen LogP contribution < -0.4 is 5.69 Å². The maximum absolute atomic E-state index is 14.0. The van der Waals surface area contributed by atoms with E-state index in [1.54, 1.807) is 41.0 Å². The Morgan fingerprint density at radius 2 is 1.89 bits per heavy atom. The number of carbonyl (C=O) groups is 1. The highest BCUT2D eigenvalue weighted by molar-refractivity contribution is 5.87. The van der Waals surface area contributed by atoms with Crippen molar-refractivity contribution in [2.75, 3.05) is 0 Å². The largest absolute Gasteiger partial charge is 0.481 e. The Balaban J connectivity index is 1.80. The summed E-state index contributed by atoms with van der Waals surface area (Å²) in [6.07, 6.45) is 1.60. The fourth-order valence-electron chi connectivity index (χ4n) is 4.90. The molecule has 0 spiro atoms. The first-order valence-corrected chi connectivity index (χ1v) is 11.3. The summed E-state index contributed by atoms with van der Waals surface area (Å²) in [5.41, 5.74) is 4.27. The quantitative estimate of drug-likeness (QED) is 0.382. The van der Waals surface area contributed by atoms with Gasteiger partial charge in [-0.05, 0) is 43.2 Å². The third-order valence-corrected chi connectivity index (χ3v) is 6.51. The molecule has 0 aliphatic rings. The molecule has 1 unspecified atom stereocenters. The number of aliphatic carboxylic acids is 1. The monoisotopic (exact) mass is 465 g/mol. The van der Waals surface area contributed by atoms with Crippen LogP contribution in [0.4, 0.5) is 0 Å². The van der Waals surface area contributed by atoms with E-state index >= 15 is 0 Å². The van der Waals surface area contributed by atoms with E-state index in [9.17, 15) is 20.0 Å². The van der Waals surface area contributed by atoms with Crippen LogP contribution in [0, 0.1) is 18.3 Å². The van der Waals surface area contributed by atoms with Crippen molar-refractivity contribution in [3.8, 4) is 6.07 Å². The van der Waals surface area contributed by atoms with Crippen LogP contribution in [0.25, 0.3) is 22.1 Å². The fraction of sp³-hybridized carbons (Fsp3) is 0.185. The molecular formula is C27H23N5O3. The predicted molar refractivity (Wildman–Crippen MR) is 132 cm³/mol. The van der Waals surface area contributed by atoms with Gasteiger partial charge in [-0.2, -0.15) is 5.26 Å². The van der Waals surface area contributed by atoms with Crippen molar-refractivity contribution in [2.45, 2.75) is 32.4 Å². The van der Waals surface area contributed by atoms with Crippen LogP contribution in [0.1, 0.15) is 47.8 Å². The van der Waals surface area contributed by atoms with Crippen molar-refractivity contribution in [3.05, 3.63) is 99.7 Å². The normalized spacial score (nSPS) is 13.1. The molecule has 5 aromatic rings. The van der Waals surface area contributed by atoms with Crippen molar-refractivity contribution in [3.63, 3.8) is 0 Å². The first-order valence-electron chi connectivity index (χ1n) is 11.3. The number of aromatic amines is 1. The lowest BCUT2D eigenvalue weighted by molar-refractivity contribution is -0.137. The number of pyridine rings is 1. The van der Waals surface area contributed by atoms with E-state index in [0.29, 0.717) is 11.1 Å². The van der Waals surface area contributed by atoms with Crippen LogP contribution in [0.3, 0.4) is 0 Å². The topological polar surface area (TPSA) is 117 Å². The van der Waals surface area contributed by atoms with Crippen molar-refractivity contribution >= 4 is 28.0 Å². The van der Waals surface area contributed by atoms with Crippen LogP contribution in [-0.4, -0.2) is 30.2 Å². The highest BCUT2D eigenvalue weighted by Crippen LogP contribution is 2.32. The van der Waals surface area contributed by atoms with Crippen molar-refractivity contribution in [2.24, 2.45) is 0 Å². The number of hydrogen-bond donors (Lipinski definition) is 2. The summed E-state index contributed by atoms with van der Waals surface area (Å²) in [5, 5.41) is 20.2. The zero-order chi connectivity index (χ0) is 24.7. The van der Waals surface area contributed by atoms with Gasteiger partial charge in [-0.3, -0.25) is 13.9 Å². The second kappa shape index (κ2) is 8.61. The van der Waals surface area contributed by atoms with E-state index in [2.05, 4.69) is 9.97 Å². The number of H-pyrrole nitrogens is 1. The molecule has 0 amide bonds. The number of carboxylic acid groups (broad SMARTS) is 1. The summed E-state index contributed by atoms with van der Waals surface area (Å²) >= 11 is 0. The molecule has 35 heavy (non-hydrogen) atoms. The van der Waals surface area contributed by atoms with E-state index in [1.807, 2.05) is 50.4 Å². The molecule has 174 valence electrons. The van der Waals surface area contributed by atoms with Gasteiger partial charge in [-0.15, -0.1) is 0 Å². The summed E-state index contributed by atoms with van der Waals surface area (Å²) in [4.78, 5) is 33.6. The summed E-state index contributed by atoms with van der Waals surface area (Å²) in [6.45, 7) is 3.96. The second-order valence-corrected chi connectivity index (χ2v) is 8.62. The van der Waals surface area contributed by atoms with Gasteiger partial charge in [0.2, 0.25) is 0 Å². The number of aryl methyl sites for hydroxylation is 1. The van der Waals surface area contributed by atoms with E-state index in [4.69, 9.17) is 0 Å². The Morgan fingerprint density at radius 1 is 1.11 bits per heavy atom. The van der Waals surface area contributed by atoms with Gasteiger partial charge in [0, 0.05) is 22.7 Å². The molecule has 0 aliphatic carbocycles. The van der Waals surface area contributed by atoms with Gasteiger partial charge < -0.3 is 10.1 Å². The van der Waals surface area contributed by atoms with Crippen LogP contribution >= 0.6 is 0 Å². The average Bonchev–Trinajstić information content (AvgIpc) is 3.42. The van der Waals surface area contributed by atoms with Gasteiger partial charge in [0.1, 0.15) is 11.8 Å². The Bertz CT molecular complexity index is 1670. The van der Waals surface area contributed by atoms with Gasteiger partial charge in [-0.1, -0.05) is 42.5 Å². The van der Waals surface area contributed by atoms with Gasteiger partial charge >= 0.3 is 11.7 Å². The standard InChI is InChI=1S/C27H23N5O3/c1-16-7-6-10-21-25(16)20(15-29-21)17(2)31-22-12-11-19(14-28)30-26(22)32(27(31)35)23(13-24(33)34)18-8-4-3-5-9-18/h3-12,15,17,23,29H,13H2,1-2H3,(H,33,34)/t17?,23-/m1/s1. The minimum Gasteiger partial charge on any atom is -0.481 e. The van der Waals surface area contributed by atoms with E-state index < -0.39 is 12.0 Å². The predicted octanol–water partition coefficient (Wildman–Crippen LogP) is 4.53. The molecule has 0 radical (unpaired) electrons. The number of hydrogen-bond acceptors (Lipinski definition) is 4. The van der Waals surface area contributed by atoms with Gasteiger partial charge in [0.25, 0.3) is 0 Å². The lowest BCUT2D eigenvalue weighted by Crippen LogP contribution is -2.31. The van der Waals surface area contributed by atoms with E-state index in [-0.39, 0.29) is 29.5 Å². The van der Waals surface area contributed by atoms with Gasteiger partial charge in [-0.25, -0.2) is 9.78 Å². The second-order valence-electron chi connectivity index (χ2n) is 8.62. The first-order chi connectivity index (χ1) is 16.9. The zero-order valence-electron chi connectivity index (χ0n) is 19.3. The molecule has 0 fully saturated rings. The van der Waals surface area contributed by atoms with Crippen molar-refractivity contribution in [1.29, 1.82) is 5.26 Å². The summed E-state index contributed by atoms with van der Waals surface area (Å²) in [7, 11) is 0. The molecule has 3 heterocycles. The zero-order valence-corrected chi connectivity index (χ0v) is 19.3. The maximum atomic E-state index is 14.0. The smallest absolute Gasteiger partial charge is 0.331 e. The first kappa shape index (κ1) is 22.2. The SMILES string of the molecule is Cc1cccc2[nH]cc(C(C)n3c(=O)n([C@H](CC(=O)O)c4ccccc4)c4nc(C#N)ccc43)c12. The fourth-order valence-corrected chi connectivity index (χ4v) is 4.90. The molecule has 8 nitrogen and oxygen atoms in total. The number of fused-ring (bicyclic) bond motifs is 2. The van der Waals surface area contributed by atoms with Crippen LogP contribution in [0.5, 0.6) is 0 Å².